The number of benzene rings is 2. The number of halogens is 4. The lowest BCUT2D eigenvalue weighted by molar-refractivity contribution is 0.102. The Morgan fingerprint density at radius 2 is 1.87 bits per heavy atom. The molecule has 0 bridgehead atoms. The smallest absolute Gasteiger partial charge is 0.266 e. The number of hydrogen-bond donors (Lipinski definition) is 3. The molecule has 1 aliphatic rings. The Labute approximate surface area is 170 Å². The number of carbonyl (C=O) groups is 1. The average molecular weight is 446 g/mol. The van der Waals surface area contributed by atoms with Gasteiger partial charge in [-0.1, -0.05) is 6.07 Å². The summed E-state index contributed by atoms with van der Waals surface area (Å²) in [6.45, 7) is 0. The number of sulfonamides is 1. The Balaban J connectivity index is 1.81. The highest BCUT2D eigenvalue weighted by molar-refractivity contribution is 7.89. The summed E-state index contributed by atoms with van der Waals surface area (Å²) in [5, 5.41) is 12.0. The highest BCUT2D eigenvalue weighted by atomic mass is 32.2. The molecule has 0 radical (unpaired) electrons. The van der Waals surface area contributed by atoms with E-state index in [4.69, 9.17) is 0 Å². The summed E-state index contributed by atoms with van der Waals surface area (Å²) in [6.07, 6.45) is -2.47. The molecule has 2 aromatic rings. The van der Waals surface area contributed by atoms with Crippen molar-refractivity contribution in [2.45, 2.75) is 42.7 Å². The lowest BCUT2D eigenvalue weighted by atomic mass is 10.1. The molecule has 30 heavy (non-hydrogen) atoms. The van der Waals surface area contributed by atoms with E-state index in [1.165, 1.54) is 18.2 Å². The van der Waals surface area contributed by atoms with Crippen LogP contribution in [0.2, 0.25) is 0 Å². The van der Waals surface area contributed by atoms with Crippen molar-refractivity contribution < 1.29 is 35.9 Å². The number of hydrogen-bond acceptors (Lipinski definition) is 4. The molecule has 3 rings (SSSR count). The summed E-state index contributed by atoms with van der Waals surface area (Å²) in [5.74, 6) is -4.17. The average Bonchev–Trinajstić information content (AvgIpc) is 3.08. The number of rotatable bonds is 6. The predicted molar refractivity (Wildman–Crippen MR) is 99.7 cm³/mol. The summed E-state index contributed by atoms with van der Waals surface area (Å²) < 4.78 is 80.0. The zero-order valence-corrected chi connectivity index (χ0v) is 16.2. The molecular weight excluding hydrogens is 428 g/mol. The van der Waals surface area contributed by atoms with Crippen molar-refractivity contribution in [3.63, 3.8) is 0 Å². The molecule has 162 valence electrons. The number of aliphatic hydroxyl groups is 1. The number of carbonyl (C=O) groups excluding carboxylic acids is 1. The largest absolute Gasteiger partial charge is 0.391 e. The Bertz CT molecular complexity index is 1060. The molecule has 0 aliphatic heterocycles. The Hall–Kier alpha value is -2.50. The molecule has 11 heteroatoms. The summed E-state index contributed by atoms with van der Waals surface area (Å²) in [7, 11) is -4.03. The molecular formula is C19H18F4N2O4S. The molecule has 6 nitrogen and oxygen atoms in total. The third-order valence-corrected chi connectivity index (χ3v) is 6.23. The van der Waals surface area contributed by atoms with Crippen molar-refractivity contribution in [3.8, 4) is 0 Å². The highest BCUT2D eigenvalue weighted by Crippen LogP contribution is 2.28. The first-order chi connectivity index (χ1) is 14.1. The van der Waals surface area contributed by atoms with Gasteiger partial charge in [0.15, 0.2) is 11.6 Å². The van der Waals surface area contributed by atoms with Gasteiger partial charge in [0.2, 0.25) is 10.0 Å². The van der Waals surface area contributed by atoms with Crippen molar-refractivity contribution in [2.24, 2.45) is 0 Å². The van der Waals surface area contributed by atoms with Crippen LogP contribution in [0.5, 0.6) is 0 Å². The van der Waals surface area contributed by atoms with Gasteiger partial charge in [-0.15, -0.1) is 0 Å². The molecule has 1 saturated carbocycles. The van der Waals surface area contributed by atoms with Gasteiger partial charge in [-0.3, -0.25) is 4.79 Å². The summed E-state index contributed by atoms with van der Waals surface area (Å²) in [4.78, 5) is 12.2. The molecule has 2 aromatic carbocycles. The third-order valence-electron chi connectivity index (χ3n) is 4.74. The van der Waals surface area contributed by atoms with Crippen molar-refractivity contribution in [3.05, 3.63) is 59.2 Å². The van der Waals surface area contributed by atoms with Gasteiger partial charge in [-0.25, -0.2) is 30.7 Å². The Kier molecular flexibility index (Phi) is 6.44. The first-order valence-corrected chi connectivity index (χ1v) is 10.5. The molecule has 0 saturated heterocycles. The number of alkyl halides is 2. The zero-order chi connectivity index (χ0) is 22.1. The van der Waals surface area contributed by atoms with Gasteiger partial charge in [0.25, 0.3) is 12.3 Å². The number of anilines is 1. The molecule has 0 aromatic heterocycles. The van der Waals surface area contributed by atoms with E-state index in [9.17, 15) is 35.9 Å². The molecule has 1 fully saturated rings. The fourth-order valence-electron chi connectivity index (χ4n) is 3.19. The molecule has 2 atom stereocenters. The molecule has 0 heterocycles. The van der Waals surface area contributed by atoms with Crippen LogP contribution in [0.25, 0.3) is 0 Å². The fraction of sp³-hybridized carbons (Fsp3) is 0.316. The maximum absolute atomic E-state index is 13.5. The molecule has 3 N–H and O–H groups in total. The first-order valence-electron chi connectivity index (χ1n) is 8.97. The highest BCUT2D eigenvalue weighted by Gasteiger charge is 2.30. The molecule has 1 amide bonds. The minimum absolute atomic E-state index is 0.145. The summed E-state index contributed by atoms with van der Waals surface area (Å²) in [6, 6.07) is 5.37. The lowest BCUT2D eigenvalue weighted by Crippen LogP contribution is -2.39. The van der Waals surface area contributed by atoms with E-state index in [2.05, 4.69) is 10.0 Å². The van der Waals surface area contributed by atoms with Gasteiger partial charge in [-0.2, -0.15) is 0 Å². The topological polar surface area (TPSA) is 95.5 Å². The van der Waals surface area contributed by atoms with Gasteiger partial charge >= 0.3 is 0 Å². The maximum atomic E-state index is 13.5. The first kappa shape index (κ1) is 22.2. The van der Waals surface area contributed by atoms with Crippen LogP contribution < -0.4 is 10.0 Å². The van der Waals surface area contributed by atoms with Crippen molar-refractivity contribution >= 4 is 21.6 Å². The SMILES string of the molecule is O=C(Nc1cc(F)c(F)c(C(F)F)c1)c1cccc(S(=O)(=O)NC2CCCC2O)c1. The number of amides is 1. The van der Waals surface area contributed by atoms with Crippen molar-refractivity contribution in [1.82, 2.24) is 4.72 Å². The Morgan fingerprint density at radius 3 is 2.50 bits per heavy atom. The van der Waals surface area contributed by atoms with Crippen LogP contribution in [0, 0.1) is 11.6 Å². The quantitative estimate of drug-likeness (QED) is 0.593. The van der Waals surface area contributed by atoms with E-state index in [0.29, 0.717) is 31.4 Å². The number of nitrogens with one attached hydrogen (secondary N) is 2. The van der Waals surface area contributed by atoms with Crippen LogP contribution in [0.1, 0.15) is 41.6 Å². The lowest BCUT2D eigenvalue weighted by Gasteiger charge is -2.17. The normalized spacial score (nSPS) is 19.3. The van der Waals surface area contributed by atoms with E-state index in [-0.39, 0.29) is 10.5 Å². The zero-order valence-electron chi connectivity index (χ0n) is 15.4. The minimum atomic E-state index is -4.03. The number of aliphatic hydroxyl groups excluding tert-OH is 1. The second-order valence-electron chi connectivity index (χ2n) is 6.87. The molecule has 2 unspecified atom stereocenters. The summed E-state index contributed by atoms with van der Waals surface area (Å²) >= 11 is 0. The second-order valence-corrected chi connectivity index (χ2v) is 8.58. The predicted octanol–water partition coefficient (Wildman–Crippen LogP) is 3.35. The molecule has 0 spiro atoms. The van der Waals surface area contributed by atoms with E-state index < -0.39 is 57.4 Å². The standard InChI is InChI=1S/C19H18F4N2O4S/c20-14-9-11(8-13(17(14)21)18(22)23)24-19(27)10-3-1-4-12(7-10)30(28,29)25-15-5-2-6-16(15)26/h1,3-4,7-9,15-16,18,25-26H,2,5-6H2,(H,24,27). The summed E-state index contributed by atoms with van der Waals surface area (Å²) in [5.41, 5.74) is -1.76. The third kappa shape index (κ3) is 4.79. The second kappa shape index (κ2) is 8.70. The van der Waals surface area contributed by atoms with E-state index in [1.807, 2.05) is 0 Å². The van der Waals surface area contributed by atoms with Crippen LogP contribution in [0.15, 0.2) is 41.3 Å². The van der Waals surface area contributed by atoms with Gasteiger partial charge in [0, 0.05) is 23.4 Å². The Morgan fingerprint density at radius 1 is 1.13 bits per heavy atom. The van der Waals surface area contributed by atoms with Crippen LogP contribution in [0.4, 0.5) is 23.2 Å². The van der Waals surface area contributed by atoms with Crippen molar-refractivity contribution in [2.75, 3.05) is 5.32 Å². The van der Waals surface area contributed by atoms with Crippen LogP contribution in [-0.2, 0) is 10.0 Å². The maximum Gasteiger partial charge on any atom is 0.266 e. The monoisotopic (exact) mass is 446 g/mol. The van der Waals surface area contributed by atoms with E-state index in [1.54, 1.807) is 0 Å². The van der Waals surface area contributed by atoms with E-state index in [0.717, 1.165) is 6.07 Å². The van der Waals surface area contributed by atoms with Crippen LogP contribution >= 0.6 is 0 Å². The van der Waals surface area contributed by atoms with Gasteiger partial charge in [0.05, 0.1) is 16.6 Å². The van der Waals surface area contributed by atoms with Crippen molar-refractivity contribution in [1.29, 1.82) is 0 Å². The van der Waals surface area contributed by atoms with Gasteiger partial charge < -0.3 is 10.4 Å². The van der Waals surface area contributed by atoms with Gasteiger partial charge in [0.1, 0.15) is 0 Å². The minimum Gasteiger partial charge on any atom is -0.391 e. The van der Waals surface area contributed by atoms with Crippen LogP contribution in [0.3, 0.4) is 0 Å². The fourth-order valence-corrected chi connectivity index (χ4v) is 4.54. The van der Waals surface area contributed by atoms with Crippen LogP contribution in [-0.4, -0.2) is 31.6 Å². The van der Waals surface area contributed by atoms with E-state index >= 15 is 0 Å². The molecule has 1 aliphatic carbocycles. The van der Waals surface area contributed by atoms with Gasteiger partial charge in [-0.05, 0) is 43.5 Å².